The standard InChI is InChI=1S/C19H26N2O4/c20-17(23)11-25-16-4-1-3-15(9-16)18(24)21-8-2-7-19(12-21,13-22)10-14-5-6-14/h1,3-4,9,14,22H,2,5-8,10-13H2,(H2,20,23)/t19-/m1/s1. The van der Waals surface area contributed by atoms with Crippen LogP contribution in [0.4, 0.5) is 0 Å². The van der Waals surface area contributed by atoms with Crippen molar-refractivity contribution in [1.82, 2.24) is 4.90 Å². The molecule has 0 radical (unpaired) electrons. The molecule has 2 fully saturated rings. The average Bonchev–Trinajstić information content (AvgIpc) is 3.43. The number of nitrogens with zero attached hydrogens (tertiary/aromatic N) is 1. The fraction of sp³-hybridized carbons (Fsp3) is 0.579. The zero-order chi connectivity index (χ0) is 17.9. The van der Waals surface area contributed by atoms with Crippen molar-refractivity contribution in [2.24, 2.45) is 17.1 Å². The van der Waals surface area contributed by atoms with E-state index in [9.17, 15) is 14.7 Å². The van der Waals surface area contributed by atoms with Gasteiger partial charge in [-0.1, -0.05) is 18.9 Å². The molecule has 1 aromatic carbocycles. The Labute approximate surface area is 147 Å². The van der Waals surface area contributed by atoms with Gasteiger partial charge in [0.1, 0.15) is 5.75 Å². The van der Waals surface area contributed by atoms with E-state index in [0.29, 0.717) is 30.3 Å². The van der Waals surface area contributed by atoms with E-state index >= 15 is 0 Å². The molecule has 0 spiro atoms. The van der Waals surface area contributed by atoms with Crippen LogP contribution >= 0.6 is 0 Å². The number of hydrogen-bond donors (Lipinski definition) is 2. The van der Waals surface area contributed by atoms with Crippen molar-refractivity contribution in [2.75, 3.05) is 26.3 Å². The van der Waals surface area contributed by atoms with E-state index in [0.717, 1.165) is 19.3 Å². The molecular formula is C19H26N2O4. The summed E-state index contributed by atoms with van der Waals surface area (Å²) in [6.07, 6.45) is 5.39. The lowest BCUT2D eigenvalue weighted by Crippen LogP contribution is -2.48. The minimum Gasteiger partial charge on any atom is -0.484 e. The summed E-state index contributed by atoms with van der Waals surface area (Å²) in [6.45, 7) is 1.23. The van der Waals surface area contributed by atoms with Crippen LogP contribution in [0.2, 0.25) is 0 Å². The van der Waals surface area contributed by atoms with Crippen LogP contribution in [0.15, 0.2) is 24.3 Å². The van der Waals surface area contributed by atoms with E-state index in [1.54, 1.807) is 24.3 Å². The number of carbonyl (C=O) groups excluding carboxylic acids is 2. The number of amides is 2. The van der Waals surface area contributed by atoms with Crippen molar-refractivity contribution in [3.8, 4) is 5.75 Å². The molecule has 6 nitrogen and oxygen atoms in total. The van der Waals surface area contributed by atoms with Crippen LogP contribution in [0.25, 0.3) is 0 Å². The number of primary amides is 1. The third kappa shape index (κ3) is 4.51. The third-order valence-electron chi connectivity index (χ3n) is 5.16. The molecule has 6 heteroatoms. The number of ether oxygens (including phenoxy) is 1. The van der Waals surface area contributed by atoms with Gasteiger partial charge < -0.3 is 20.5 Å². The van der Waals surface area contributed by atoms with Crippen LogP contribution in [-0.4, -0.2) is 48.1 Å². The first-order valence-corrected chi connectivity index (χ1v) is 8.93. The van der Waals surface area contributed by atoms with Gasteiger partial charge in [-0.25, -0.2) is 0 Å². The lowest BCUT2D eigenvalue weighted by atomic mass is 9.76. The summed E-state index contributed by atoms with van der Waals surface area (Å²) in [5, 5.41) is 9.95. The summed E-state index contributed by atoms with van der Waals surface area (Å²) in [5.74, 6) is 0.555. The Kier molecular flexibility index (Phi) is 5.27. The highest BCUT2D eigenvalue weighted by molar-refractivity contribution is 5.94. The van der Waals surface area contributed by atoms with Gasteiger partial charge in [0, 0.05) is 24.1 Å². The summed E-state index contributed by atoms with van der Waals surface area (Å²) in [4.78, 5) is 25.6. The largest absolute Gasteiger partial charge is 0.484 e. The number of aliphatic hydroxyl groups excluding tert-OH is 1. The number of piperidine rings is 1. The molecule has 1 atom stereocenters. The van der Waals surface area contributed by atoms with Crippen LogP contribution in [-0.2, 0) is 4.79 Å². The van der Waals surface area contributed by atoms with Gasteiger partial charge in [0.25, 0.3) is 11.8 Å². The minimum atomic E-state index is -0.555. The lowest BCUT2D eigenvalue weighted by Gasteiger charge is -2.42. The van der Waals surface area contributed by atoms with Gasteiger partial charge in [-0.15, -0.1) is 0 Å². The number of benzene rings is 1. The number of carbonyl (C=O) groups is 2. The van der Waals surface area contributed by atoms with Crippen LogP contribution in [0.1, 0.15) is 42.5 Å². The van der Waals surface area contributed by atoms with E-state index in [-0.39, 0.29) is 24.5 Å². The van der Waals surface area contributed by atoms with Crippen molar-refractivity contribution in [3.05, 3.63) is 29.8 Å². The molecule has 3 N–H and O–H groups in total. The zero-order valence-electron chi connectivity index (χ0n) is 14.4. The topological polar surface area (TPSA) is 92.9 Å². The van der Waals surface area contributed by atoms with Crippen molar-refractivity contribution in [3.63, 3.8) is 0 Å². The summed E-state index contributed by atoms with van der Waals surface area (Å²) < 4.78 is 5.28. The smallest absolute Gasteiger partial charge is 0.255 e. The molecule has 136 valence electrons. The Bertz CT molecular complexity index is 644. The molecular weight excluding hydrogens is 320 g/mol. The summed E-state index contributed by atoms with van der Waals surface area (Å²) in [6, 6.07) is 6.81. The maximum atomic E-state index is 12.9. The van der Waals surface area contributed by atoms with Gasteiger partial charge in [-0.05, 0) is 43.4 Å². The molecule has 1 saturated heterocycles. The summed E-state index contributed by atoms with van der Waals surface area (Å²) in [7, 11) is 0. The van der Waals surface area contributed by atoms with Gasteiger partial charge in [-0.2, -0.15) is 0 Å². The van der Waals surface area contributed by atoms with Gasteiger partial charge in [0.05, 0.1) is 6.61 Å². The second-order valence-corrected chi connectivity index (χ2v) is 7.42. The van der Waals surface area contributed by atoms with Gasteiger partial charge in [-0.3, -0.25) is 9.59 Å². The molecule has 3 rings (SSSR count). The van der Waals surface area contributed by atoms with E-state index in [2.05, 4.69) is 0 Å². The highest BCUT2D eigenvalue weighted by Gasteiger charge is 2.41. The number of rotatable bonds is 7. The molecule has 0 bridgehead atoms. The summed E-state index contributed by atoms with van der Waals surface area (Å²) >= 11 is 0. The Hall–Kier alpha value is -2.08. The molecule has 0 aromatic heterocycles. The molecule has 0 unspecified atom stereocenters. The fourth-order valence-corrected chi connectivity index (χ4v) is 3.73. The SMILES string of the molecule is NC(=O)COc1cccc(C(=O)N2CCC[C@@](CO)(CC3CC3)C2)c1. The second kappa shape index (κ2) is 7.44. The second-order valence-electron chi connectivity index (χ2n) is 7.42. The predicted octanol–water partition coefficient (Wildman–Crippen LogP) is 1.57. The van der Waals surface area contributed by atoms with Crippen LogP contribution in [0.5, 0.6) is 5.75 Å². The van der Waals surface area contributed by atoms with E-state index in [1.165, 1.54) is 12.8 Å². The maximum absolute atomic E-state index is 12.9. The van der Waals surface area contributed by atoms with Gasteiger partial charge in [0.15, 0.2) is 6.61 Å². The fourth-order valence-electron chi connectivity index (χ4n) is 3.73. The number of likely N-dealkylation sites (tertiary alicyclic amines) is 1. The Balaban J connectivity index is 1.69. The van der Waals surface area contributed by atoms with Crippen molar-refractivity contribution < 1.29 is 19.4 Å². The Morgan fingerprint density at radius 1 is 1.36 bits per heavy atom. The summed E-state index contributed by atoms with van der Waals surface area (Å²) in [5.41, 5.74) is 5.45. The quantitative estimate of drug-likeness (QED) is 0.784. The van der Waals surface area contributed by atoms with E-state index in [1.807, 2.05) is 4.90 Å². The molecule has 1 aliphatic carbocycles. The van der Waals surface area contributed by atoms with Crippen LogP contribution < -0.4 is 10.5 Å². The number of aliphatic hydroxyl groups is 1. The first kappa shape index (κ1) is 17.7. The lowest BCUT2D eigenvalue weighted by molar-refractivity contribution is -0.119. The van der Waals surface area contributed by atoms with Crippen molar-refractivity contribution >= 4 is 11.8 Å². The first-order valence-electron chi connectivity index (χ1n) is 8.93. The third-order valence-corrected chi connectivity index (χ3v) is 5.16. The molecule has 1 heterocycles. The molecule has 1 aromatic rings. The monoisotopic (exact) mass is 346 g/mol. The van der Waals surface area contributed by atoms with E-state index < -0.39 is 5.91 Å². The molecule has 25 heavy (non-hydrogen) atoms. The highest BCUT2D eigenvalue weighted by atomic mass is 16.5. The maximum Gasteiger partial charge on any atom is 0.255 e. The number of nitrogens with two attached hydrogens (primary N) is 1. The number of hydrogen-bond acceptors (Lipinski definition) is 4. The van der Waals surface area contributed by atoms with Crippen LogP contribution in [0, 0.1) is 11.3 Å². The Morgan fingerprint density at radius 2 is 2.16 bits per heavy atom. The molecule has 1 aliphatic heterocycles. The minimum absolute atomic E-state index is 0.0575. The van der Waals surface area contributed by atoms with Gasteiger partial charge in [0.2, 0.25) is 0 Å². The normalized spacial score (nSPS) is 23.3. The van der Waals surface area contributed by atoms with Crippen molar-refractivity contribution in [1.29, 1.82) is 0 Å². The Morgan fingerprint density at radius 3 is 2.84 bits per heavy atom. The highest BCUT2D eigenvalue weighted by Crippen LogP contribution is 2.44. The first-order chi connectivity index (χ1) is 12.0. The predicted molar refractivity (Wildman–Crippen MR) is 93.1 cm³/mol. The van der Waals surface area contributed by atoms with Gasteiger partial charge >= 0.3 is 0 Å². The van der Waals surface area contributed by atoms with Crippen LogP contribution in [0.3, 0.4) is 0 Å². The molecule has 2 amide bonds. The average molecular weight is 346 g/mol. The molecule has 2 aliphatic rings. The molecule has 1 saturated carbocycles. The van der Waals surface area contributed by atoms with E-state index in [4.69, 9.17) is 10.5 Å². The zero-order valence-corrected chi connectivity index (χ0v) is 14.4. The van der Waals surface area contributed by atoms with Crippen molar-refractivity contribution in [2.45, 2.75) is 32.1 Å².